The Labute approximate surface area is 293 Å². The number of esters is 2. The number of aliphatic hydroxyl groups is 2. The lowest BCUT2D eigenvalue weighted by Gasteiger charge is -2.34. The van der Waals surface area contributed by atoms with Crippen LogP contribution in [0.1, 0.15) is 66.9 Å². The molecule has 0 aliphatic carbocycles. The van der Waals surface area contributed by atoms with Gasteiger partial charge >= 0.3 is 11.9 Å². The number of ether oxygens (including phenoxy) is 3. The molecular formula is C35H54N4O11. The lowest BCUT2D eigenvalue weighted by Crippen LogP contribution is -2.61. The van der Waals surface area contributed by atoms with E-state index in [0.717, 1.165) is 0 Å². The first kappa shape index (κ1) is 41.9. The summed E-state index contributed by atoms with van der Waals surface area (Å²) in [6.07, 6.45) is -4.22. The van der Waals surface area contributed by atoms with Gasteiger partial charge in [-0.1, -0.05) is 53.7 Å². The van der Waals surface area contributed by atoms with Crippen LogP contribution in [0.2, 0.25) is 0 Å². The summed E-state index contributed by atoms with van der Waals surface area (Å²) in [5.74, 6) is -5.79. The number of carbonyl (C=O) groups is 6. The van der Waals surface area contributed by atoms with Gasteiger partial charge in [0, 0.05) is 19.4 Å². The number of hydrogen-bond acceptors (Lipinski definition) is 11. The third-order valence-electron chi connectivity index (χ3n) is 8.19. The number of rotatable bonds is 10. The summed E-state index contributed by atoms with van der Waals surface area (Å²) < 4.78 is 16.3. The number of hydrogen-bond donors (Lipinski definition) is 5. The fourth-order valence-corrected chi connectivity index (χ4v) is 5.35. The number of methoxy groups -OCH3 is 1. The van der Waals surface area contributed by atoms with E-state index in [2.05, 4.69) is 16.0 Å². The van der Waals surface area contributed by atoms with Crippen molar-refractivity contribution in [2.75, 3.05) is 20.8 Å². The molecule has 15 heteroatoms. The van der Waals surface area contributed by atoms with Crippen LogP contribution in [0, 0.1) is 17.8 Å². The van der Waals surface area contributed by atoms with Crippen LogP contribution in [-0.4, -0.2) is 114 Å². The molecule has 280 valence electrons. The van der Waals surface area contributed by atoms with Gasteiger partial charge in [0.05, 0.1) is 19.8 Å². The van der Waals surface area contributed by atoms with Gasteiger partial charge in [0.25, 0.3) is 5.91 Å². The van der Waals surface area contributed by atoms with Gasteiger partial charge in [-0.25, -0.2) is 9.59 Å². The van der Waals surface area contributed by atoms with Crippen molar-refractivity contribution in [2.24, 2.45) is 17.8 Å². The third kappa shape index (κ3) is 12.0. The minimum Gasteiger partial charge on any atom is -0.497 e. The molecule has 0 aromatic heterocycles. The Morgan fingerprint density at radius 1 is 0.780 bits per heavy atom. The van der Waals surface area contributed by atoms with Crippen molar-refractivity contribution in [1.29, 1.82) is 0 Å². The lowest BCUT2D eigenvalue weighted by molar-refractivity contribution is -0.178. The maximum atomic E-state index is 14.3. The first-order chi connectivity index (χ1) is 23.4. The molecule has 1 aromatic carbocycles. The van der Waals surface area contributed by atoms with Gasteiger partial charge in [0.15, 0.2) is 12.1 Å². The molecule has 0 radical (unpaired) electrons. The van der Waals surface area contributed by atoms with Crippen molar-refractivity contribution < 1.29 is 53.2 Å². The van der Waals surface area contributed by atoms with Crippen LogP contribution in [0.4, 0.5) is 0 Å². The molecule has 1 aliphatic rings. The van der Waals surface area contributed by atoms with E-state index in [9.17, 15) is 39.0 Å². The molecule has 1 aromatic rings. The van der Waals surface area contributed by atoms with E-state index in [1.807, 2.05) is 27.7 Å². The van der Waals surface area contributed by atoms with E-state index in [4.69, 9.17) is 14.2 Å². The lowest BCUT2D eigenvalue weighted by atomic mass is 9.98. The van der Waals surface area contributed by atoms with Crippen molar-refractivity contribution in [2.45, 2.75) is 110 Å². The molecule has 0 saturated carbocycles. The number of amides is 4. The molecule has 2 rings (SSSR count). The number of nitrogens with zero attached hydrogens (tertiary/aromatic N) is 1. The van der Waals surface area contributed by atoms with E-state index in [-0.39, 0.29) is 31.1 Å². The standard InChI is InChI=1S/C35H54N4O11/c1-18(2)14-26-30(42)38-28(21(7)41)32(44)37-25(17-40)34(46)50-29(20(5)6)35(47)49-27(15-19(3)4)31(43)36-24(33(45)39(26)8)16-22-10-12-23(48-9)13-11-22/h10-13,18-21,24-29,40-41H,14-17H2,1-9H3,(H,36,43)(H,37,44)(H,38,42)/t21-,24+,25+,26+,27+,28-,29+/m1/s1. The molecule has 1 aliphatic heterocycles. The SMILES string of the molecule is COc1ccc(C[C@@H]2NC(=O)[C@H](CC(C)C)OC(=O)[C@H](C(C)C)OC(=O)[C@H](CO)NC(=O)[C@@H]([C@@H](C)O)NC(=O)[C@H](CC(C)C)N(C)C2=O)cc1. The minimum absolute atomic E-state index is 0.00917. The fourth-order valence-electron chi connectivity index (χ4n) is 5.35. The number of benzene rings is 1. The summed E-state index contributed by atoms with van der Waals surface area (Å²) in [6, 6.07) is 1.13. The maximum absolute atomic E-state index is 14.3. The highest BCUT2D eigenvalue weighted by Crippen LogP contribution is 2.19. The third-order valence-corrected chi connectivity index (χ3v) is 8.19. The van der Waals surface area contributed by atoms with E-state index >= 15 is 0 Å². The average Bonchev–Trinajstić information content (AvgIpc) is 3.04. The van der Waals surface area contributed by atoms with E-state index < -0.39 is 90.6 Å². The van der Waals surface area contributed by atoms with E-state index in [1.54, 1.807) is 38.1 Å². The number of likely N-dealkylation sites (N-methyl/N-ethyl adjacent to an activating group) is 1. The Morgan fingerprint density at radius 3 is 1.86 bits per heavy atom. The normalized spacial score (nSPS) is 25.7. The second kappa shape index (κ2) is 19.2. The van der Waals surface area contributed by atoms with Gasteiger partial charge < -0.3 is 45.3 Å². The quantitative estimate of drug-likeness (QED) is 0.211. The Balaban J connectivity index is 2.71. The fraction of sp³-hybridized carbons (Fsp3) is 0.657. The molecule has 0 unspecified atom stereocenters. The first-order valence-corrected chi connectivity index (χ1v) is 16.9. The number of nitrogens with one attached hydrogen (secondary N) is 3. The Bertz CT molecular complexity index is 1330. The monoisotopic (exact) mass is 706 g/mol. The van der Waals surface area contributed by atoms with E-state index in [0.29, 0.717) is 11.3 Å². The molecule has 0 bridgehead atoms. The number of aliphatic hydroxyl groups excluding tert-OH is 2. The Hall–Kier alpha value is -4.24. The van der Waals surface area contributed by atoms with Crippen LogP contribution in [0.3, 0.4) is 0 Å². The summed E-state index contributed by atoms with van der Waals surface area (Å²) >= 11 is 0. The minimum atomic E-state index is -1.68. The summed E-state index contributed by atoms with van der Waals surface area (Å²) in [4.78, 5) is 83.0. The summed E-state index contributed by atoms with van der Waals surface area (Å²) in [5, 5.41) is 27.9. The van der Waals surface area contributed by atoms with Crippen molar-refractivity contribution in [1.82, 2.24) is 20.9 Å². The smallest absolute Gasteiger partial charge is 0.348 e. The molecule has 7 atom stereocenters. The summed E-state index contributed by atoms with van der Waals surface area (Å²) in [5.41, 5.74) is 0.651. The molecule has 1 fully saturated rings. The van der Waals surface area contributed by atoms with Gasteiger partial charge in [0.2, 0.25) is 23.8 Å². The zero-order chi connectivity index (χ0) is 37.9. The molecule has 0 spiro atoms. The number of carbonyl (C=O) groups excluding carboxylic acids is 6. The molecule has 4 amide bonds. The van der Waals surface area contributed by atoms with Crippen LogP contribution in [0.15, 0.2) is 24.3 Å². The van der Waals surface area contributed by atoms with Crippen molar-refractivity contribution >= 4 is 35.6 Å². The Morgan fingerprint density at radius 2 is 1.36 bits per heavy atom. The van der Waals surface area contributed by atoms with Gasteiger partial charge in [-0.2, -0.15) is 0 Å². The van der Waals surface area contributed by atoms with Gasteiger partial charge in [-0.15, -0.1) is 0 Å². The maximum Gasteiger partial charge on any atom is 0.348 e. The van der Waals surface area contributed by atoms with E-state index in [1.165, 1.54) is 26.0 Å². The first-order valence-electron chi connectivity index (χ1n) is 16.9. The van der Waals surface area contributed by atoms with Crippen molar-refractivity contribution in [3.63, 3.8) is 0 Å². The number of cyclic esters (lactones) is 2. The highest BCUT2D eigenvalue weighted by Gasteiger charge is 2.40. The predicted molar refractivity (Wildman–Crippen MR) is 181 cm³/mol. The van der Waals surface area contributed by atoms with Crippen LogP contribution >= 0.6 is 0 Å². The summed E-state index contributed by atoms with van der Waals surface area (Å²) in [6.45, 7) is 10.7. The molecular weight excluding hydrogens is 652 g/mol. The highest BCUT2D eigenvalue weighted by atomic mass is 16.6. The highest BCUT2D eigenvalue weighted by molar-refractivity contribution is 5.96. The molecule has 1 heterocycles. The van der Waals surface area contributed by atoms with Crippen LogP contribution < -0.4 is 20.7 Å². The second-order valence-electron chi connectivity index (χ2n) is 13.8. The molecule has 50 heavy (non-hydrogen) atoms. The Kier molecular flexibility index (Phi) is 16.1. The average molecular weight is 707 g/mol. The van der Waals surface area contributed by atoms with Crippen molar-refractivity contribution in [3.05, 3.63) is 29.8 Å². The summed E-state index contributed by atoms with van der Waals surface area (Å²) in [7, 11) is 2.91. The van der Waals surface area contributed by atoms with Gasteiger partial charge in [-0.05, 0) is 49.3 Å². The van der Waals surface area contributed by atoms with Crippen LogP contribution in [0.25, 0.3) is 0 Å². The van der Waals surface area contributed by atoms with Crippen LogP contribution in [-0.2, 0) is 44.7 Å². The van der Waals surface area contributed by atoms with Gasteiger partial charge in [-0.3, -0.25) is 19.2 Å². The second-order valence-corrected chi connectivity index (χ2v) is 13.8. The largest absolute Gasteiger partial charge is 0.497 e. The molecule has 5 N–H and O–H groups in total. The van der Waals surface area contributed by atoms with Crippen molar-refractivity contribution in [3.8, 4) is 5.75 Å². The molecule has 15 nitrogen and oxygen atoms in total. The molecule has 1 saturated heterocycles. The zero-order valence-corrected chi connectivity index (χ0v) is 30.4. The van der Waals surface area contributed by atoms with Gasteiger partial charge in [0.1, 0.15) is 23.9 Å². The predicted octanol–water partition coefficient (Wildman–Crippen LogP) is 0.478. The topological polar surface area (TPSA) is 210 Å². The zero-order valence-electron chi connectivity index (χ0n) is 30.4. The van der Waals surface area contributed by atoms with Crippen LogP contribution in [0.5, 0.6) is 5.75 Å².